The van der Waals surface area contributed by atoms with E-state index in [0.29, 0.717) is 26.1 Å². The second-order valence-corrected chi connectivity index (χ2v) is 5.65. The van der Waals surface area contributed by atoms with E-state index in [0.717, 1.165) is 22.8 Å². The lowest BCUT2D eigenvalue weighted by molar-refractivity contribution is -0.128. The van der Waals surface area contributed by atoms with Crippen molar-refractivity contribution in [3.63, 3.8) is 0 Å². The Morgan fingerprint density at radius 1 is 1.39 bits per heavy atom. The van der Waals surface area contributed by atoms with E-state index in [4.69, 9.17) is 9.47 Å². The van der Waals surface area contributed by atoms with Crippen molar-refractivity contribution in [2.45, 2.75) is 12.3 Å². The summed E-state index contributed by atoms with van der Waals surface area (Å²) in [6.07, 6.45) is 2.31. The fourth-order valence-electron chi connectivity index (χ4n) is 2.85. The highest BCUT2D eigenvalue weighted by Crippen LogP contribution is 2.29. The summed E-state index contributed by atoms with van der Waals surface area (Å²) in [5, 5.41) is 0. The Morgan fingerprint density at radius 2 is 2.26 bits per heavy atom. The first kappa shape index (κ1) is 15.6. The molecule has 1 fully saturated rings. The SMILES string of the molecule is COCCN1CC(c2ncc(-c3cccc(OC)c3)[nH]2)CC1=O. The molecule has 6 heteroatoms. The van der Waals surface area contributed by atoms with Gasteiger partial charge in [-0.15, -0.1) is 0 Å². The molecule has 1 amide bonds. The van der Waals surface area contributed by atoms with Crippen molar-refractivity contribution in [2.24, 2.45) is 0 Å². The van der Waals surface area contributed by atoms with E-state index in [9.17, 15) is 4.79 Å². The van der Waals surface area contributed by atoms with E-state index in [1.165, 1.54) is 0 Å². The number of hydrogen-bond donors (Lipinski definition) is 1. The van der Waals surface area contributed by atoms with Crippen LogP contribution in [0.25, 0.3) is 11.3 Å². The predicted molar refractivity (Wildman–Crippen MR) is 86.4 cm³/mol. The summed E-state index contributed by atoms with van der Waals surface area (Å²) in [5.74, 6) is 1.93. The average Bonchev–Trinajstić information content (AvgIpc) is 3.20. The van der Waals surface area contributed by atoms with Crippen LogP contribution in [0, 0.1) is 0 Å². The van der Waals surface area contributed by atoms with E-state index in [1.807, 2.05) is 35.4 Å². The van der Waals surface area contributed by atoms with Crippen LogP contribution in [0.3, 0.4) is 0 Å². The van der Waals surface area contributed by atoms with Gasteiger partial charge in [-0.25, -0.2) is 4.98 Å². The molecule has 1 N–H and O–H groups in total. The quantitative estimate of drug-likeness (QED) is 0.886. The first-order valence-corrected chi connectivity index (χ1v) is 7.67. The van der Waals surface area contributed by atoms with E-state index in [-0.39, 0.29) is 11.8 Å². The first-order chi connectivity index (χ1) is 11.2. The molecule has 0 aliphatic carbocycles. The summed E-state index contributed by atoms with van der Waals surface area (Å²) in [7, 11) is 3.29. The highest BCUT2D eigenvalue weighted by molar-refractivity contribution is 5.79. The smallest absolute Gasteiger partial charge is 0.223 e. The molecular formula is C17H21N3O3. The lowest BCUT2D eigenvalue weighted by Crippen LogP contribution is -2.28. The molecule has 2 aromatic rings. The van der Waals surface area contributed by atoms with E-state index in [1.54, 1.807) is 14.2 Å². The minimum atomic E-state index is 0.110. The lowest BCUT2D eigenvalue weighted by Gasteiger charge is -2.15. The summed E-state index contributed by atoms with van der Waals surface area (Å²) < 4.78 is 10.3. The summed E-state index contributed by atoms with van der Waals surface area (Å²) >= 11 is 0. The molecule has 1 aliphatic rings. The van der Waals surface area contributed by atoms with E-state index >= 15 is 0 Å². The zero-order chi connectivity index (χ0) is 16.2. The normalized spacial score (nSPS) is 17.7. The largest absolute Gasteiger partial charge is 0.497 e. The molecule has 1 aliphatic heterocycles. The van der Waals surface area contributed by atoms with Gasteiger partial charge in [0, 0.05) is 38.1 Å². The van der Waals surface area contributed by atoms with Gasteiger partial charge < -0.3 is 19.4 Å². The number of H-pyrrole nitrogens is 1. The van der Waals surface area contributed by atoms with Crippen molar-refractivity contribution in [3.8, 4) is 17.0 Å². The molecule has 1 atom stereocenters. The van der Waals surface area contributed by atoms with Crippen LogP contribution in [0.4, 0.5) is 0 Å². The number of benzene rings is 1. The van der Waals surface area contributed by atoms with Gasteiger partial charge in [0.1, 0.15) is 11.6 Å². The Hall–Kier alpha value is -2.34. The third kappa shape index (κ3) is 3.37. The molecule has 0 bridgehead atoms. The fraction of sp³-hybridized carbons (Fsp3) is 0.412. The van der Waals surface area contributed by atoms with Crippen molar-refractivity contribution >= 4 is 5.91 Å². The molecule has 3 rings (SSSR count). The Morgan fingerprint density at radius 3 is 3.04 bits per heavy atom. The van der Waals surface area contributed by atoms with Crippen molar-refractivity contribution in [2.75, 3.05) is 33.9 Å². The van der Waals surface area contributed by atoms with Crippen LogP contribution in [0.2, 0.25) is 0 Å². The topological polar surface area (TPSA) is 67.5 Å². The molecular weight excluding hydrogens is 294 g/mol. The Kier molecular flexibility index (Phi) is 4.62. The van der Waals surface area contributed by atoms with Gasteiger partial charge >= 0.3 is 0 Å². The Bertz CT molecular complexity index is 683. The van der Waals surface area contributed by atoms with E-state index in [2.05, 4.69) is 9.97 Å². The lowest BCUT2D eigenvalue weighted by atomic mass is 10.1. The molecule has 122 valence electrons. The number of hydrogen-bond acceptors (Lipinski definition) is 4. The first-order valence-electron chi connectivity index (χ1n) is 7.67. The third-order valence-electron chi connectivity index (χ3n) is 4.14. The molecule has 1 aromatic carbocycles. The van der Waals surface area contributed by atoms with Gasteiger partial charge in [-0.2, -0.15) is 0 Å². The zero-order valence-electron chi connectivity index (χ0n) is 13.4. The minimum absolute atomic E-state index is 0.110. The number of carbonyl (C=O) groups is 1. The number of nitrogens with zero attached hydrogens (tertiary/aromatic N) is 2. The molecule has 2 heterocycles. The summed E-state index contributed by atoms with van der Waals surface area (Å²) in [5.41, 5.74) is 1.95. The van der Waals surface area contributed by atoms with Gasteiger partial charge in [0.25, 0.3) is 0 Å². The van der Waals surface area contributed by atoms with Crippen LogP contribution in [0.1, 0.15) is 18.2 Å². The number of nitrogens with one attached hydrogen (secondary N) is 1. The molecule has 1 saturated heterocycles. The average molecular weight is 315 g/mol. The second-order valence-electron chi connectivity index (χ2n) is 5.65. The Balaban J connectivity index is 1.73. The van der Waals surface area contributed by atoms with Gasteiger partial charge in [0.15, 0.2) is 0 Å². The van der Waals surface area contributed by atoms with Crippen molar-refractivity contribution in [1.29, 1.82) is 0 Å². The number of ether oxygens (including phenoxy) is 2. The van der Waals surface area contributed by atoms with Gasteiger partial charge in [-0.1, -0.05) is 12.1 Å². The molecule has 1 aromatic heterocycles. The Labute approximate surface area is 135 Å². The van der Waals surface area contributed by atoms with Gasteiger partial charge in [0.05, 0.1) is 25.6 Å². The fourth-order valence-corrected chi connectivity index (χ4v) is 2.85. The van der Waals surface area contributed by atoms with Crippen LogP contribution in [0.15, 0.2) is 30.5 Å². The number of aromatic nitrogens is 2. The van der Waals surface area contributed by atoms with Crippen molar-refractivity contribution < 1.29 is 14.3 Å². The van der Waals surface area contributed by atoms with Crippen LogP contribution in [-0.2, 0) is 9.53 Å². The van der Waals surface area contributed by atoms with Crippen molar-refractivity contribution in [1.82, 2.24) is 14.9 Å². The van der Waals surface area contributed by atoms with Crippen LogP contribution >= 0.6 is 0 Å². The summed E-state index contributed by atoms with van der Waals surface area (Å²) in [6, 6.07) is 7.82. The predicted octanol–water partition coefficient (Wildman–Crippen LogP) is 2.05. The van der Waals surface area contributed by atoms with Gasteiger partial charge in [-0.05, 0) is 12.1 Å². The summed E-state index contributed by atoms with van der Waals surface area (Å²) in [6.45, 7) is 1.88. The van der Waals surface area contributed by atoms with Crippen molar-refractivity contribution in [3.05, 3.63) is 36.3 Å². The molecule has 0 saturated carbocycles. The maximum absolute atomic E-state index is 12.0. The number of rotatable bonds is 6. The number of carbonyl (C=O) groups excluding carboxylic acids is 1. The number of aromatic amines is 1. The highest BCUT2D eigenvalue weighted by Gasteiger charge is 2.32. The van der Waals surface area contributed by atoms with Gasteiger partial charge in [-0.3, -0.25) is 4.79 Å². The number of amides is 1. The molecule has 6 nitrogen and oxygen atoms in total. The van der Waals surface area contributed by atoms with E-state index < -0.39 is 0 Å². The zero-order valence-corrected chi connectivity index (χ0v) is 13.4. The molecule has 23 heavy (non-hydrogen) atoms. The number of methoxy groups -OCH3 is 2. The van der Waals surface area contributed by atoms with Crippen LogP contribution < -0.4 is 4.74 Å². The second kappa shape index (κ2) is 6.83. The maximum Gasteiger partial charge on any atom is 0.223 e. The number of likely N-dealkylation sites (tertiary alicyclic amines) is 1. The molecule has 0 spiro atoms. The highest BCUT2D eigenvalue weighted by atomic mass is 16.5. The third-order valence-corrected chi connectivity index (χ3v) is 4.14. The van der Waals surface area contributed by atoms with Crippen LogP contribution in [0.5, 0.6) is 5.75 Å². The standard InChI is InChI=1S/C17H21N3O3/c1-22-7-6-20-11-13(9-16(20)21)17-18-10-15(19-17)12-4-3-5-14(8-12)23-2/h3-5,8,10,13H,6-7,9,11H2,1-2H3,(H,18,19). The maximum atomic E-state index is 12.0. The molecule has 1 unspecified atom stereocenters. The monoisotopic (exact) mass is 315 g/mol. The number of imidazole rings is 1. The minimum Gasteiger partial charge on any atom is -0.497 e. The summed E-state index contributed by atoms with van der Waals surface area (Å²) in [4.78, 5) is 21.7. The van der Waals surface area contributed by atoms with Gasteiger partial charge in [0.2, 0.25) is 5.91 Å². The van der Waals surface area contributed by atoms with Crippen LogP contribution in [-0.4, -0.2) is 54.7 Å². The molecule has 0 radical (unpaired) electrons.